The van der Waals surface area contributed by atoms with Crippen LogP contribution in [0.5, 0.6) is 5.75 Å². The molecule has 1 fully saturated rings. The maximum absolute atomic E-state index is 12.6. The van der Waals surface area contributed by atoms with E-state index < -0.39 is 0 Å². The molecule has 0 aliphatic carbocycles. The number of nitrogens with one attached hydrogen (secondary N) is 1. The maximum Gasteiger partial charge on any atom is 0.317 e. The standard InChI is InChI=1S/C21H28N4O3/c1-2-27-18-8-6-16(7-9-18)20-13-17-15-24(10-4-11-25(17)23-20)21(26)22-14-19-5-3-12-28-19/h6-9,13,19H,2-5,10-12,14-15H2,1H3,(H,22,26). The number of carbonyl (C=O) groups is 1. The smallest absolute Gasteiger partial charge is 0.317 e. The molecule has 1 unspecified atom stereocenters. The second kappa shape index (κ2) is 8.65. The topological polar surface area (TPSA) is 68.6 Å². The lowest BCUT2D eigenvalue weighted by molar-refractivity contribution is 0.108. The van der Waals surface area contributed by atoms with E-state index in [0.717, 1.165) is 61.7 Å². The van der Waals surface area contributed by atoms with Crippen molar-refractivity contribution in [3.63, 3.8) is 0 Å². The normalized spacial score (nSPS) is 19.2. The van der Waals surface area contributed by atoms with Gasteiger partial charge in [0.25, 0.3) is 0 Å². The summed E-state index contributed by atoms with van der Waals surface area (Å²) in [5.74, 6) is 0.862. The van der Waals surface area contributed by atoms with E-state index >= 15 is 0 Å². The second-order valence-electron chi connectivity index (χ2n) is 7.30. The van der Waals surface area contributed by atoms with Gasteiger partial charge in [-0.3, -0.25) is 4.68 Å². The first-order valence-electron chi connectivity index (χ1n) is 10.2. The van der Waals surface area contributed by atoms with Crippen LogP contribution in [-0.2, 0) is 17.8 Å². The molecule has 1 aromatic heterocycles. The summed E-state index contributed by atoms with van der Waals surface area (Å²) >= 11 is 0. The summed E-state index contributed by atoms with van der Waals surface area (Å²) < 4.78 is 13.1. The molecule has 28 heavy (non-hydrogen) atoms. The van der Waals surface area contributed by atoms with Crippen molar-refractivity contribution in [1.82, 2.24) is 20.0 Å². The molecule has 0 bridgehead atoms. The van der Waals surface area contributed by atoms with Gasteiger partial charge in [0.05, 0.1) is 30.6 Å². The SMILES string of the molecule is CCOc1ccc(-c2cc3n(n2)CCCN(C(=O)NCC2CCCO2)C3)cc1. The van der Waals surface area contributed by atoms with Crippen molar-refractivity contribution in [2.24, 2.45) is 0 Å². The molecule has 7 nitrogen and oxygen atoms in total. The molecule has 3 heterocycles. The fourth-order valence-electron chi connectivity index (χ4n) is 3.78. The van der Waals surface area contributed by atoms with E-state index in [0.29, 0.717) is 19.7 Å². The molecular formula is C21H28N4O3. The number of benzene rings is 1. The quantitative estimate of drug-likeness (QED) is 0.860. The van der Waals surface area contributed by atoms with E-state index in [9.17, 15) is 4.79 Å². The summed E-state index contributed by atoms with van der Waals surface area (Å²) in [6, 6.07) is 10.1. The van der Waals surface area contributed by atoms with Crippen LogP contribution in [0.2, 0.25) is 0 Å². The largest absolute Gasteiger partial charge is 0.494 e. The van der Waals surface area contributed by atoms with Gasteiger partial charge in [-0.25, -0.2) is 4.79 Å². The first-order chi connectivity index (χ1) is 13.7. The van der Waals surface area contributed by atoms with Crippen LogP contribution in [-0.4, -0.2) is 53.1 Å². The molecule has 1 atom stereocenters. The lowest BCUT2D eigenvalue weighted by Gasteiger charge is -2.21. The molecule has 0 radical (unpaired) electrons. The number of urea groups is 1. The number of aromatic nitrogens is 2. The zero-order chi connectivity index (χ0) is 19.3. The summed E-state index contributed by atoms with van der Waals surface area (Å²) in [4.78, 5) is 14.5. The number of hydrogen-bond donors (Lipinski definition) is 1. The first-order valence-corrected chi connectivity index (χ1v) is 10.2. The highest BCUT2D eigenvalue weighted by Gasteiger charge is 2.22. The summed E-state index contributed by atoms with van der Waals surface area (Å²) in [6.45, 7) is 6.15. The molecule has 1 saturated heterocycles. The van der Waals surface area contributed by atoms with Crippen LogP contribution in [0.1, 0.15) is 31.9 Å². The summed E-state index contributed by atoms with van der Waals surface area (Å²) in [6.07, 6.45) is 3.16. The van der Waals surface area contributed by atoms with E-state index in [1.54, 1.807) is 0 Å². The van der Waals surface area contributed by atoms with Crippen LogP contribution in [0, 0.1) is 0 Å². The summed E-state index contributed by atoms with van der Waals surface area (Å²) in [5, 5.41) is 7.78. The number of aryl methyl sites for hydroxylation is 1. The van der Waals surface area contributed by atoms with E-state index in [2.05, 4.69) is 11.4 Å². The maximum atomic E-state index is 12.6. The fraction of sp³-hybridized carbons (Fsp3) is 0.524. The van der Waals surface area contributed by atoms with Crippen LogP contribution in [0.15, 0.2) is 30.3 Å². The third kappa shape index (κ3) is 4.30. The average molecular weight is 384 g/mol. The highest BCUT2D eigenvalue weighted by Crippen LogP contribution is 2.24. The highest BCUT2D eigenvalue weighted by molar-refractivity contribution is 5.74. The molecule has 7 heteroatoms. The number of fused-ring (bicyclic) bond motifs is 1. The Morgan fingerprint density at radius 1 is 1.29 bits per heavy atom. The molecule has 0 saturated carbocycles. The van der Waals surface area contributed by atoms with Crippen LogP contribution in [0.4, 0.5) is 4.79 Å². The van der Waals surface area contributed by atoms with Gasteiger partial charge >= 0.3 is 6.03 Å². The van der Waals surface area contributed by atoms with Crippen LogP contribution >= 0.6 is 0 Å². The third-order valence-electron chi connectivity index (χ3n) is 5.27. The van der Waals surface area contributed by atoms with E-state index in [1.807, 2.05) is 40.8 Å². The van der Waals surface area contributed by atoms with Crippen LogP contribution < -0.4 is 10.1 Å². The monoisotopic (exact) mass is 384 g/mol. The zero-order valence-electron chi connectivity index (χ0n) is 16.4. The van der Waals surface area contributed by atoms with E-state index in [-0.39, 0.29) is 12.1 Å². The van der Waals surface area contributed by atoms with Crippen LogP contribution in [0.25, 0.3) is 11.3 Å². The van der Waals surface area contributed by atoms with Gasteiger partial charge in [-0.1, -0.05) is 0 Å². The molecular weight excluding hydrogens is 356 g/mol. The van der Waals surface area contributed by atoms with Crippen molar-refractivity contribution in [3.05, 3.63) is 36.0 Å². The molecule has 4 rings (SSSR count). The zero-order valence-corrected chi connectivity index (χ0v) is 16.4. The van der Waals surface area contributed by atoms with Crippen molar-refractivity contribution < 1.29 is 14.3 Å². The van der Waals surface area contributed by atoms with Gasteiger partial charge in [-0.05, 0) is 56.5 Å². The molecule has 0 spiro atoms. The van der Waals surface area contributed by atoms with E-state index in [1.165, 1.54) is 0 Å². The van der Waals surface area contributed by atoms with Gasteiger partial charge < -0.3 is 19.7 Å². The molecule has 2 aromatic rings. The molecule has 2 aliphatic heterocycles. The fourth-order valence-corrected chi connectivity index (χ4v) is 3.78. The Morgan fingerprint density at radius 2 is 2.14 bits per heavy atom. The summed E-state index contributed by atoms with van der Waals surface area (Å²) in [7, 11) is 0. The minimum atomic E-state index is -0.0206. The number of nitrogens with zero attached hydrogens (tertiary/aromatic N) is 3. The van der Waals surface area contributed by atoms with Gasteiger partial charge in [-0.2, -0.15) is 5.10 Å². The Balaban J connectivity index is 1.42. The predicted octanol–water partition coefficient (Wildman–Crippen LogP) is 3.04. The molecule has 150 valence electrons. The lowest BCUT2D eigenvalue weighted by Crippen LogP contribution is -2.42. The van der Waals surface area contributed by atoms with Gasteiger partial charge in [0.15, 0.2) is 0 Å². The van der Waals surface area contributed by atoms with Crippen molar-refractivity contribution in [3.8, 4) is 17.0 Å². The molecule has 2 amide bonds. The highest BCUT2D eigenvalue weighted by atomic mass is 16.5. The van der Waals surface area contributed by atoms with Crippen molar-refractivity contribution in [2.75, 3.05) is 26.3 Å². The average Bonchev–Trinajstić information content (AvgIpc) is 3.33. The predicted molar refractivity (Wildman–Crippen MR) is 106 cm³/mol. The van der Waals surface area contributed by atoms with Gasteiger partial charge in [0, 0.05) is 31.8 Å². The van der Waals surface area contributed by atoms with Crippen molar-refractivity contribution in [2.45, 2.75) is 45.4 Å². The Hall–Kier alpha value is -2.54. The Morgan fingerprint density at radius 3 is 2.89 bits per heavy atom. The first kappa shape index (κ1) is 18.8. The Kier molecular flexibility index (Phi) is 5.81. The molecule has 1 aromatic carbocycles. The minimum Gasteiger partial charge on any atom is -0.494 e. The number of carbonyl (C=O) groups excluding carboxylic acids is 1. The summed E-state index contributed by atoms with van der Waals surface area (Å²) in [5.41, 5.74) is 3.05. The number of amides is 2. The van der Waals surface area contributed by atoms with E-state index in [4.69, 9.17) is 14.6 Å². The number of ether oxygens (including phenoxy) is 2. The minimum absolute atomic E-state index is 0.0206. The number of hydrogen-bond acceptors (Lipinski definition) is 4. The third-order valence-corrected chi connectivity index (χ3v) is 5.27. The number of rotatable bonds is 5. The molecule has 2 aliphatic rings. The Bertz CT molecular complexity index is 796. The van der Waals surface area contributed by atoms with Crippen molar-refractivity contribution in [1.29, 1.82) is 0 Å². The van der Waals surface area contributed by atoms with Crippen molar-refractivity contribution >= 4 is 6.03 Å². The second-order valence-corrected chi connectivity index (χ2v) is 7.30. The lowest BCUT2D eigenvalue weighted by atomic mass is 10.1. The van der Waals surface area contributed by atoms with Gasteiger partial charge in [0.2, 0.25) is 0 Å². The molecule has 1 N–H and O–H groups in total. The van der Waals surface area contributed by atoms with Gasteiger partial charge in [0.1, 0.15) is 5.75 Å². The Labute approximate surface area is 165 Å². The van der Waals surface area contributed by atoms with Gasteiger partial charge in [-0.15, -0.1) is 0 Å². The van der Waals surface area contributed by atoms with Crippen LogP contribution in [0.3, 0.4) is 0 Å².